The number of amides is 1. The summed E-state index contributed by atoms with van der Waals surface area (Å²) in [6.07, 6.45) is 0.726. The third-order valence-electron chi connectivity index (χ3n) is 2.99. The number of benzene rings is 1. The van der Waals surface area contributed by atoms with Crippen LogP contribution in [0.5, 0.6) is 0 Å². The van der Waals surface area contributed by atoms with E-state index < -0.39 is 0 Å². The van der Waals surface area contributed by atoms with Crippen molar-refractivity contribution in [2.24, 2.45) is 11.8 Å². The first kappa shape index (κ1) is 10.2. The maximum Gasteiger partial charge on any atom is 0.254 e. The summed E-state index contributed by atoms with van der Waals surface area (Å²) in [7, 11) is 0. The second kappa shape index (κ2) is 3.66. The van der Waals surface area contributed by atoms with E-state index in [0.717, 1.165) is 17.0 Å². The lowest BCUT2D eigenvalue weighted by Crippen LogP contribution is -2.41. The molecule has 0 aromatic heterocycles. The van der Waals surface area contributed by atoms with Crippen molar-refractivity contribution in [2.45, 2.75) is 20.3 Å². The first-order valence-electron chi connectivity index (χ1n) is 5.22. The maximum atomic E-state index is 11.8. The Hall–Kier alpha value is -1.35. The predicted octanol–water partition coefficient (Wildman–Crippen LogP) is 2.24. The summed E-state index contributed by atoms with van der Waals surface area (Å²) >= 11 is 0. The van der Waals surface area contributed by atoms with Gasteiger partial charge in [-0.3, -0.25) is 10.0 Å². The molecule has 3 heteroatoms. The van der Waals surface area contributed by atoms with Gasteiger partial charge >= 0.3 is 0 Å². The number of hydroxylamine groups is 1. The van der Waals surface area contributed by atoms with E-state index in [-0.39, 0.29) is 17.7 Å². The van der Waals surface area contributed by atoms with Crippen molar-refractivity contribution in [1.82, 2.24) is 0 Å². The number of carbonyl (C=O) groups is 1. The molecule has 1 atom stereocenters. The number of rotatable bonds is 1. The van der Waals surface area contributed by atoms with Crippen molar-refractivity contribution in [3.63, 3.8) is 0 Å². The van der Waals surface area contributed by atoms with E-state index in [2.05, 4.69) is 0 Å². The van der Waals surface area contributed by atoms with Crippen LogP contribution in [0.4, 0.5) is 5.69 Å². The first-order valence-corrected chi connectivity index (χ1v) is 5.22. The van der Waals surface area contributed by atoms with Crippen molar-refractivity contribution in [3.05, 3.63) is 29.8 Å². The molecule has 1 amide bonds. The summed E-state index contributed by atoms with van der Waals surface area (Å²) in [5.74, 6) is -0.0471. The van der Waals surface area contributed by atoms with Gasteiger partial charge in [0, 0.05) is 5.92 Å². The normalized spacial score (nSPS) is 20.7. The van der Waals surface area contributed by atoms with Crippen LogP contribution in [0.2, 0.25) is 0 Å². The fourth-order valence-electron chi connectivity index (χ4n) is 2.01. The molecule has 1 aliphatic heterocycles. The number of fused-ring (bicyclic) bond motifs is 1. The van der Waals surface area contributed by atoms with E-state index in [1.807, 2.05) is 32.0 Å². The highest BCUT2D eigenvalue weighted by Gasteiger charge is 2.33. The van der Waals surface area contributed by atoms with Crippen LogP contribution in [0.25, 0.3) is 0 Å². The molecule has 0 saturated heterocycles. The molecular formula is C12H15NO2. The summed E-state index contributed by atoms with van der Waals surface area (Å²) in [6.45, 7) is 4.01. The lowest BCUT2D eigenvalue weighted by atomic mass is 9.85. The Morgan fingerprint density at radius 3 is 2.73 bits per heavy atom. The molecule has 0 bridgehead atoms. The minimum absolute atomic E-state index is 0.107. The summed E-state index contributed by atoms with van der Waals surface area (Å²) in [4.78, 5) is 11.8. The second-order valence-corrected chi connectivity index (χ2v) is 4.33. The van der Waals surface area contributed by atoms with Gasteiger partial charge in [0.25, 0.3) is 5.91 Å². The van der Waals surface area contributed by atoms with Gasteiger partial charge in [-0.05, 0) is 24.0 Å². The zero-order valence-corrected chi connectivity index (χ0v) is 8.97. The van der Waals surface area contributed by atoms with Crippen LogP contribution in [0, 0.1) is 11.8 Å². The Morgan fingerprint density at radius 2 is 2.07 bits per heavy atom. The molecule has 1 aliphatic rings. The molecule has 0 fully saturated rings. The van der Waals surface area contributed by atoms with Crippen LogP contribution in [0.15, 0.2) is 24.3 Å². The van der Waals surface area contributed by atoms with Crippen molar-refractivity contribution >= 4 is 11.6 Å². The van der Waals surface area contributed by atoms with Crippen molar-refractivity contribution in [2.75, 3.05) is 5.06 Å². The largest absolute Gasteiger partial charge is 0.281 e. The Kier molecular flexibility index (Phi) is 2.49. The number of hydrogen-bond donors (Lipinski definition) is 1. The van der Waals surface area contributed by atoms with Crippen LogP contribution >= 0.6 is 0 Å². The molecule has 3 nitrogen and oxygen atoms in total. The van der Waals surface area contributed by atoms with E-state index >= 15 is 0 Å². The number of hydrogen-bond acceptors (Lipinski definition) is 2. The Morgan fingerprint density at radius 1 is 1.40 bits per heavy atom. The van der Waals surface area contributed by atoms with E-state index in [1.54, 1.807) is 6.07 Å². The highest BCUT2D eigenvalue weighted by atomic mass is 16.5. The van der Waals surface area contributed by atoms with Gasteiger partial charge in [0.1, 0.15) is 0 Å². The molecule has 1 aromatic rings. The topological polar surface area (TPSA) is 40.5 Å². The SMILES string of the molecule is CC(C)C1Cc2ccccc2N(O)C1=O. The number of anilines is 1. The first-order chi connectivity index (χ1) is 7.11. The quantitative estimate of drug-likeness (QED) is 0.714. The van der Waals surface area contributed by atoms with Gasteiger partial charge in [0.05, 0.1) is 5.69 Å². The second-order valence-electron chi connectivity index (χ2n) is 4.33. The summed E-state index contributed by atoms with van der Waals surface area (Å²) < 4.78 is 0. The molecule has 0 aliphatic carbocycles. The zero-order valence-electron chi connectivity index (χ0n) is 8.97. The van der Waals surface area contributed by atoms with Crippen molar-refractivity contribution in [3.8, 4) is 0 Å². The van der Waals surface area contributed by atoms with E-state index in [9.17, 15) is 10.0 Å². The van der Waals surface area contributed by atoms with Gasteiger partial charge in [-0.25, -0.2) is 0 Å². The Bertz CT molecular complexity index is 387. The Labute approximate surface area is 89.3 Å². The number of nitrogens with zero attached hydrogens (tertiary/aromatic N) is 1. The molecule has 15 heavy (non-hydrogen) atoms. The minimum atomic E-state index is -0.191. The number of carbonyl (C=O) groups excluding carboxylic acids is 1. The summed E-state index contributed by atoms with van der Waals surface area (Å²) in [5.41, 5.74) is 1.66. The maximum absolute atomic E-state index is 11.8. The van der Waals surface area contributed by atoms with Gasteiger partial charge < -0.3 is 0 Å². The summed E-state index contributed by atoms with van der Waals surface area (Å²) in [6, 6.07) is 7.48. The third kappa shape index (κ3) is 1.63. The van der Waals surface area contributed by atoms with Gasteiger partial charge in [-0.15, -0.1) is 0 Å². The molecule has 80 valence electrons. The molecule has 0 spiro atoms. The van der Waals surface area contributed by atoms with Crippen LogP contribution in [0.3, 0.4) is 0 Å². The van der Waals surface area contributed by atoms with Crippen LogP contribution < -0.4 is 5.06 Å². The van der Waals surface area contributed by atoms with E-state index in [0.29, 0.717) is 5.69 Å². The average Bonchev–Trinajstić information content (AvgIpc) is 2.23. The lowest BCUT2D eigenvalue weighted by Gasteiger charge is -2.31. The third-order valence-corrected chi connectivity index (χ3v) is 2.99. The fraction of sp³-hybridized carbons (Fsp3) is 0.417. The molecular weight excluding hydrogens is 190 g/mol. The fourth-order valence-corrected chi connectivity index (χ4v) is 2.01. The lowest BCUT2D eigenvalue weighted by molar-refractivity contribution is -0.129. The van der Waals surface area contributed by atoms with Crippen molar-refractivity contribution < 1.29 is 10.0 Å². The molecule has 0 radical (unpaired) electrons. The van der Waals surface area contributed by atoms with Gasteiger partial charge in [-0.1, -0.05) is 32.0 Å². The van der Waals surface area contributed by atoms with Gasteiger partial charge in [-0.2, -0.15) is 5.06 Å². The monoisotopic (exact) mass is 205 g/mol. The molecule has 2 rings (SSSR count). The minimum Gasteiger partial charge on any atom is -0.281 e. The summed E-state index contributed by atoms with van der Waals surface area (Å²) in [5, 5.41) is 10.5. The van der Waals surface area contributed by atoms with Crippen molar-refractivity contribution in [1.29, 1.82) is 0 Å². The molecule has 1 unspecified atom stereocenters. The highest BCUT2D eigenvalue weighted by molar-refractivity contribution is 5.96. The smallest absolute Gasteiger partial charge is 0.254 e. The van der Waals surface area contributed by atoms with E-state index in [1.165, 1.54) is 0 Å². The average molecular weight is 205 g/mol. The van der Waals surface area contributed by atoms with Crippen LogP contribution in [0.1, 0.15) is 19.4 Å². The molecule has 1 heterocycles. The molecule has 1 aromatic carbocycles. The van der Waals surface area contributed by atoms with Gasteiger partial charge in [0.2, 0.25) is 0 Å². The highest BCUT2D eigenvalue weighted by Crippen LogP contribution is 2.32. The molecule has 1 N–H and O–H groups in total. The zero-order chi connectivity index (χ0) is 11.0. The van der Waals surface area contributed by atoms with Gasteiger partial charge in [0.15, 0.2) is 0 Å². The van der Waals surface area contributed by atoms with E-state index in [4.69, 9.17) is 0 Å². The van der Waals surface area contributed by atoms with Crippen LogP contribution in [-0.4, -0.2) is 11.1 Å². The molecule has 0 saturated carbocycles. The standard InChI is InChI=1S/C12H15NO2/c1-8(2)10-7-9-5-3-4-6-11(9)13(15)12(10)14/h3-6,8,10,15H,7H2,1-2H3. The number of para-hydroxylation sites is 1. The van der Waals surface area contributed by atoms with Crippen LogP contribution in [-0.2, 0) is 11.2 Å². The predicted molar refractivity (Wildman–Crippen MR) is 57.7 cm³/mol. The Balaban J connectivity index is 2.41.